The van der Waals surface area contributed by atoms with Crippen LogP contribution in [0.2, 0.25) is 0 Å². The summed E-state index contributed by atoms with van der Waals surface area (Å²) in [6.07, 6.45) is 0. The van der Waals surface area contributed by atoms with E-state index in [-0.39, 0.29) is 17.5 Å². The highest BCUT2D eigenvalue weighted by Gasteiger charge is 2.19. The maximum Gasteiger partial charge on any atom is 0.266 e. The first-order chi connectivity index (χ1) is 11.0. The monoisotopic (exact) mass is 333 g/mol. The summed E-state index contributed by atoms with van der Waals surface area (Å²) in [7, 11) is 1.39. The largest absolute Gasteiger partial charge is 0.494 e. The van der Waals surface area contributed by atoms with Gasteiger partial charge in [0.05, 0.1) is 17.7 Å². The molecule has 23 heavy (non-hydrogen) atoms. The molecule has 1 heterocycles. The van der Waals surface area contributed by atoms with Crippen molar-refractivity contribution < 1.29 is 18.3 Å². The minimum Gasteiger partial charge on any atom is -0.494 e. The molecule has 0 fully saturated rings. The fraction of sp³-hybridized carbons (Fsp3) is 0.118. The van der Waals surface area contributed by atoms with Gasteiger partial charge in [-0.25, -0.2) is 8.78 Å². The molecule has 0 aliphatic carbocycles. The van der Waals surface area contributed by atoms with Gasteiger partial charge in [0.15, 0.2) is 0 Å². The molecule has 0 atom stereocenters. The number of amides is 1. The molecule has 0 aliphatic rings. The molecule has 0 radical (unpaired) electrons. The maximum absolute atomic E-state index is 13.9. The van der Waals surface area contributed by atoms with Gasteiger partial charge in [0.1, 0.15) is 17.4 Å². The minimum atomic E-state index is -0.458. The molecule has 118 valence electrons. The van der Waals surface area contributed by atoms with Crippen LogP contribution in [0.5, 0.6) is 5.75 Å². The molecule has 1 aromatic heterocycles. The molecule has 0 saturated heterocycles. The number of aryl methyl sites for hydroxylation is 1. The average molecular weight is 333 g/mol. The molecule has 0 aliphatic heterocycles. The number of nitrogens with one attached hydrogen (secondary N) is 1. The molecule has 2 aromatic carbocycles. The first-order valence-corrected chi connectivity index (χ1v) is 7.65. The zero-order chi connectivity index (χ0) is 16.6. The van der Waals surface area contributed by atoms with E-state index in [4.69, 9.17) is 4.74 Å². The minimum absolute atomic E-state index is 0.225. The van der Waals surface area contributed by atoms with Gasteiger partial charge in [0, 0.05) is 16.2 Å². The average Bonchev–Trinajstić information content (AvgIpc) is 2.87. The molecule has 0 saturated carbocycles. The number of thiophene rings is 1. The number of carbonyl (C=O) groups is 1. The number of halogens is 2. The fourth-order valence-corrected chi connectivity index (χ4v) is 3.54. The molecule has 3 nitrogen and oxygen atoms in total. The zero-order valence-electron chi connectivity index (χ0n) is 12.4. The van der Waals surface area contributed by atoms with Gasteiger partial charge in [-0.2, -0.15) is 0 Å². The summed E-state index contributed by atoms with van der Waals surface area (Å²) in [5, 5.41) is 3.14. The van der Waals surface area contributed by atoms with Gasteiger partial charge >= 0.3 is 0 Å². The topological polar surface area (TPSA) is 38.3 Å². The summed E-state index contributed by atoms with van der Waals surface area (Å²) < 4.78 is 32.9. The van der Waals surface area contributed by atoms with E-state index in [0.717, 1.165) is 0 Å². The van der Waals surface area contributed by atoms with Crippen molar-refractivity contribution >= 4 is 33.0 Å². The van der Waals surface area contributed by atoms with E-state index >= 15 is 0 Å². The standard InChI is InChI=1S/C17H13F2NO2S/c1-9-15-11(19)4-3-5-14(15)23-16(9)17(21)20-12-7-6-10(18)8-13(12)22-2/h3-8H,1-2H3,(H,20,21). The van der Waals surface area contributed by atoms with Crippen LogP contribution in [-0.4, -0.2) is 13.0 Å². The summed E-state index contributed by atoms with van der Waals surface area (Å²) >= 11 is 1.22. The Hall–Kier alpha value is -2.47. The fourth-order valence-electron chi connectivity index (χ4n) is 2.42. The van der Waals surface area contributed by atoms with Gasteiger partial charge < -0.3 is 10.1 Å². The number of hydrogen-bond donors (Lipinski definition) is 1. The lowest BCUT2D eigenvalue weighted by Gasteiger charge is -2.09. The van der Waals surface area contributed by atoms with Gasteiger partial charge in [-0.05, 0) is 36.8 Å². The van der Waals surface area contributed by atoms with E-state index in [0.29, 0.717) is 26.2 Å². The molecular formula is C17H13F2NO2S. The van der Waals surface area contributed by atoms with Crippen LogP contribution in [0, 0.1) is 18.6 Å². The number of carbonyl (C=O) groups excluding carboxylic acids is 1. The molecule has 1 amide bonds. The van der Waals surface area contributed by atoms with E-state index < -0.39 is 5.82 Å². The first-order valence-electron chi connectivity index (χ1n) is 6.83. The van der Waals surface area contributed by atoms with Crippen molar-refractivity contribution in [3.63, 3.8) is 0 Å². The van der Waals surface area contributed by atoms with Crippen LogP contribution in [0.3, 0.4) is 0 Å². The second-order valence-corrected chi connectivity index (χ2v) is 6.02. The van der Waals surface area contributed by atoms with Crippen LogP contribution >= 0.6 is 11.3 Å². The highest BCUT2D eigenvalue weighted by atomic mass is 32.1. The third-order valence-corrected chi connectivity index (χ3v) is 4.78. The SMILES string of the molecule is COc1cc(F)ccc1NC(=O)c1sc2cccc(F)c2c1C. The number of ether oxygens (including phenoxy) is 1. The Kier molecular flexibility index (Phi) is 4.00. The second-order valence-electron chi connectivity index (χ2n) is 4.97. The maximum atomic E-state index is 13.9. The molecule has 1 N–H and O–H groups in total. The summed E-state index contributed by atoms with van der Waals surface area (Å²) in [6.45, 7) is 1.71. The van der Waals surface area contributed by atoms with Crippen molar-refractivity contribution in [2.45, 2.75) is 6.92 Å². The molecule has 3 aromatic rings. The number of rotatable bonds is 3. The van der Waals surface area contributed by atoms with Crippen molar-refractivity contribution in [1.29, 1.82) is 0 Å². The predicted molar refractivity (Wildman–Crippen MR) is 87.4 cm³/mol. The van der Waals surface area contributed by atoms with Crippen molar-refractivity contribution in [2.75, 3.05) is 12.4 Å². The van der Waals surface area contributed by atoms with Gasteiger partial charge in [-0.1, -0.05) is 6.07 Å². The van der Waals surface area contributed by atoms with E-state index in [2.05, 4.69) is 5.32 Å². The number of anilines is 1. The first kappa shape index (κ1) is 15.4. The quantitative estimate of drug-likeness (QED) is 0.751. The Bertz CT molecular complexity index is 905. The van der Waals surface area contributed by atoms with Gasteiger partial charge in [-0.15, -0.1) is 11.3 Å². The number of benzene rings is 2. The van der Waals surface area contributed by atoms with Gasteiger partial charge in [-0.3, -0.25) is 4.79 Å². The van der Waals surface area contributed by atoms with Crippen LogP contribution in [0.1, 0.15) is 15.2 Å². The van der Waals surface area contributed by atoms with Crippen molar-refractivity contribution in [2.24, 2.45) is 0 Å². The Morgan fingerprint density at radius 3 is 2.70 bits per heavy atom. The van der Waals surface area contributed by atoms with E-state index in [9.17, 15) is 13.6 Å². The lowest BCUT2D eigenvalue weighted by Crippen LogP contribution is -2.12. The normalized spacial score (nSPS) is 10.8. The van der Waals surface area contributed by atoms with E-state index in [1.165, 1.54) is 42.7 Å². The van der Waals surface area contributed by atoms with E-state index in [1.54, 1.807) is 19.1 Å². The molecule has 0 bridgehead atoms. The summed E-state index contributed by atoms with van der Waals surface area (Å²) in [6, 6.07) is 8.59. The van der Waals surface area contributed by atoms with Crippen LogP contribution in [0.25, 0.3) is 10.1 Å². The molecule has 0 spiro atoms. The molecule has 0 unspecified atom stereocenters. The Labute approximate surface area is 135 Å². The van der Waals surface area contributed by atoms with Crippen LogP contribution < -0.4 is 10.1 Å². The van der Waals surface area contributed by atoms with Crippen molar-refractivity contribution in [1.82, 2.24) is 0 Å². The smallest absolute Gasteiger partial charge is 0.266 e. The van der Waals surface area contributed by atoms with Crippen molar-refractivity contribution in [3.8, 4) is 5.75 Å². The molecule has 6 heteroatoms. The third-order valence-electron chi connectivity index (χ3n) is 3.52. The summed E-state index contributed by atoms with van der Waals surface area (Å²) in [4.78, 5) is 12.9. The van der Waals surface area contributed by atoms with Crippen LogP contribution in [0.15, 0.2) is 36.4 Å². The Balaban J connectivity index is 1.99. The summed E-state index contributed by atoms with van der Waals surface area (Å²) in [5.41, 5.74) is 0.943. The lowest BCUT2D eigenvalue weighted by atomic mass is 10.1. The van der Waals surface area contributed by atoms with Crippen molar-refractivity contribution in [3.05, 3.63) is 58.5 Å². The summed E-state index contributed by atoms with van der Waals surface area (Å²) in [5.74, 6) is -0.967. The number of methoxy groups -OCH3 is 1. The van der Waals surface area contributed by atoms with Gasteiger partial charge in [0.2, 0.25) is 0 Å². The highest BCUT2D eigenvalue weighted by Crippen LogP contribution is 2.34. The zero-order valence-corrected chi connectivity index (χ0v) is 13.3. The second kappa shape index (κ2) is 5.96. The highest BCUT2D eigenvalue weighted by molar-refractivity contribution is 7.21. The van der Waals surface area contributed by atoms with Crippen LogP contribution in [0.4, 0.5) is 14.5 Å². The molecule has 3 rings (SSSR count). The third kappa shape index (κ3) is 2.77. The van der Waals surface area contributed by atoms with E-state index in [1.807, 2.05) is 0 Å². The number of fused-ring (bicyclic) bond motifs is 1. The molecular weight excluding hydrogens is 320 g/mol. The Morgan fingerprint density at radius 1 is 1.22 bits per heavy atom. The van der Waals surface area contributed by atoms with Crippen LogP contribution in [-0.2, 0) is 0 Å². The van der Waals surface area contributed by atoms with Gasteiger partial charge in [0.25, 0.3) is 5.91 Å². The Morgan fingerprint density at radius 2 is 2.00 bits per heavy atom. The lowest BCUT2D eigenvalue weighted by molar-refractivity contribution is 0.102. The number of hydrogen-bond acceptors (Lipinski definition) is 3. The predicted octanol–water partition coefficient (Wildman–Crippen LogP) is 4.75.